The Morgan fingerprint density at radius 2 is 1.74 bits per heavy atom. The number of hydrogen-bond acceptors (Lipinski definition) is 6. The predicted molar refractivity (Wildman–Crippen MR) is 104 cm³/mol. The van der Waals surface area contributed by atoms with E-state index >= 15 is 0 Å². The van der Waals surface area contributed by atoms with E-state index in [0.717, 1.165) is 19.3 Å². The molecule has 0 aliphatic rings. The summed E-state index contributed by atoms with van der Waals surface area (Å²) in [5, 5.41) is 10.4. The molecule has 6 nitrogen and oxygen atoms in total. The van der Waals surface area contributed by atoms with Gasteiger partial charge in [0.15, 0.2) is 5.75 Å². The van der Waals surface area contributed by atoms with E-state index < -0.39 is 17.3 Å². The Labute approximate surface area is 159 Å². The van der Waals surface area contributed by atoms with Crippen LogP contribution in [0.5, 0.6) is 17.2 Å². The number of aromatic hydroxyl groups is 1. The smallest absolute Gasteiger partial charge is 0.382 e. The molecule has 0 bridgehead atoms. The van der Waals surface area contributed by atoms with Crippen LogP contribution in [0.3, 0.4) is 0 Å². The van der Waals surface area contributed by atoms with E-state index in [4.69, 9.17) is 13.9 Å². The molecule has 0 radical (unpaired) electrons. The van der Waals surface area contributed by atoms with E-state index in [-0.39, 0.29) is 22.5 Å². The molecule has 0 saturated heterocycles. The van der Waals surface area contributed by atoms with Crippen LogP contribution in [-0.2, 0) is 4.79 Å². The van der Waals surface area contributed by atoms with Crippen LogP contribution in [0.4, 0.5) is 0 Å². The molecule has 0 aliphatic heterocycles. The fourth-order valence-electron chi connectivity index (χ4n) is 2.97. The van der Waals surface area contributed by atoms with Crippen molar-refractivity contribution in [3.8, 4) is 17.2 Å². The first-order valence-corrected chi connectivity index (χ1v) is 9.64. The highest BCUT2D eigenvalue weighted by Crippen LogP contribution is 2.38. The van der Waals surface area contributed by atoms with E-state index in [9.17, 15) is 14.7 Å². The third-order valence-corrected chi connectivity index (χ3v) is 4.32. The Kier molecular flexibility index (Phi) is 8.17. The first-order chi connectivity index (χ1) is 13.0. The van der Waals surface area contributed by atoms with Crippen LogP contribution in [0.25, 0.3) is 11.0 Å². The predicted octanol–water partition coefficient (Wildman–Crippen LogP) is 4.94. The van der Waals surface area contributed by atoms with Crippen molar-refractivity contribution in [3.05, 3.63) is 28.6 Å². The van der Waals surface area contributed by atoms with Gasteiger partial charge in [0.2, 0.25) is 5.75 Å². The average molecular weight is 376 g/mol. The monoisotopic (exact) mass is 376 g/mol. The van der Waals surface area contributed by atoms with Gasteiger partial charge in [-0.05, 0) is 18.6 Å². The molecule has 0 fully saturated rings. The maximum Gasteiger partial charge on any atom is 0.382 e. The van der Waals surface area contributed by atoms with Crippen molar-refractivity contribution in [2.24, 2.45) is 0 Å². The van der Waals surface area contributed by atoms with Gasteiger partial charge >= 0.3 is 11.6 Å². The molecular formula is C21H28O6. The summed E-state index contributed by atoms with van der Waals surface area (Å²) in [4.78, 5) is 23.2. The van der Waals surface area contributed by atoms with Gasteiger partial charge in [-0.2, -0.15) is 0 Å². The first-order valence-electron chi connectivity index (χ1n) is 9.64. The number of benzene rings is 1. The Balaban J connectivity index is 2.03. The van der Waals surface area contributed by atoms with Gasteiger partial charge in [0.25, 0.3) is 0 Å². The van der Waals surface area contributed by atoms with Gasteiger partial charge < -0.3 is 19.0 Å². The molecule has 1 aromatic carbocycles. The highest BCUT2D eigenvalue weighted by Gasteiger charge is 2.19. The molecule has 0 unspecified atom stereocenters. The standard InChI is InChI=1S/C21H28O6/c1-3-4-5-6-7-8-9-10-14-25-20-18-16(26-15(2)22)12-11-13-17(18)27-21(24)19(20)23/h11-13,23H,3-10,14H2,1-2H3. The highest BCUT2D eigenvalue weighted by molar-refractivity contribution is 5.93. The highest BCUT2D eigenvalue weighted by atomic mass is 16.5. The lowest BCUT2D eigenvalue weighted by molar-refractivity contribution is -0.131. The number of esters is 1. The zero-order chi connectivity index (χ0) is 19.6. The zero-order valence-corrected chi connectivity index (χ0v) is 16.1. The number of ether oxygens (including phenoxy) is 2. The molecular weight excluding hydrogens is 348 g/mol. The average Bonchev–Trinajstić information content (AvgIpc) is 2.63. The van der Waals surface area contributed by atoms with E-state index in [1.165, 1.54) is 39.0 Å². The van der Waals surface area contributed by atoms with Crippen LogP contribution in [0.2, 0.25) is 0 Å². The maximum atomic E-state index is 11.8. The number of carbonyl (C=O) groups is 1. The Morgan fingerprint density at radius 3 is 2.41 bits per heavy atom. The molecule has 2 rings (SSSR count). The molecule has 0 saturated carbocycles. The van der Waals surface area contributed by atoms with Crippen LogP contribution in [0.1, 0.15) is 65.2 Å². The van der Waals surface area contributed by atoms with E-state index in [0.29, 0.717) is 6.61 Å². The Hall–Kier alpha value is -2.50. The SMILES string of the molecule is CCCCCCCCCCOc1c(O)c(=O)oc2cccc(OC(C)=O)c12. The molecule has 27 heavy (non-hydrogen) atoms. The lowest BCUT2D eigenvalue weighted by atomic mass is 10.1. The Morgan fingerprint density at radius 1 is 1.07 bits per heavy atom. The Bertz CT molecular complexity index is 808. The number of carbonyl (C=O) groups excluding carboxylic acids is 1. The number of rotatable bonds is 11. The third kappa shape index (κ3) is 6.01. The summed E-state index contributed by atoms with van der Waals surface area (Å²) in [7, 11) is 0. The second-order valence-electron chi connectivity index (χ2n) is 6.61. The number of unbranched alkanes of at least 4 members (excludes halogenated alkanes) is 7. The van der Waals surface area contributed by atoms with Gasteiger partial charge in [-0.15, -0.1) is 0 Å². The maximum absolute atomic E-state index is 11.8. The van der Waals surface area contributed by atoms with Gasteiger partial charge in [0.05, 0.1) is 6.61 Å². The molecule has 1 heterocycles. The van der Waals surface area contributed by atoms with E-state index in [2.05, 4.69) is 6.92 Å². The normalized spacial score (nSPS) is 10.9. The molecule has 1 N–H and O–H groups in total. The summed E-state index contributed by atoms with van der Waals surface area (Å²) in [6.45, 7) is 3.84. The molecule has 0 amide bonds. The molecule has 2 aromatic rings. The molecule has 6 heteroatoms. The number of fused-ring (bicyclic) bond motifs is 1. The van der Waals surface area contributed by atoms with E-state index in [1.807, 2.05) is 0 Å². The van der Waals surface area contributed by atoms with Crippen molar-refractivity contribution >= 4 is 16.9 Å². The summed E-state index contributed by atoms with van der Waals surface area (Å²) >= 11 is 0. The van der Waals surface area contributed by atoms with Crippen molar-refractivity contribution in [3.63, 3.8) is 0 Å². The lowest BCUT2D eigenvalue weighted by Gasteiger charge is -2.12. The minimum Gasteiger partial charge on any atom is -0.499 e. The second kappa shape index (κ2) is 10.6. The molecule has 0 spiro atoms. The fourth-order valence-corrected chi connectivity index (χ4v) is 2.97. The summed E-state index contributed by atoms with van der Waals surface area (Å²) in [5.74, 6) is -0.935. The molecule has 0 aliphatic carbocycles. The van der Waals surface area contributed by atoms with Crippen molar-refractivity contribution in [2.45, 2.75) is 65.2 Å². The summed E-state index contributed by atoms with van der Waals surface area (Å²) in [5.41, 5.74) is -0.684. The van der Waals surface area contributed by atoms with Crippen molar-refractivity contribution in [2.75, 3.05) is 6.61 Å². The fraction of sp³-hybridized carbons (Fsp3) is 0.524. The van der Waals surface area contributed by atoms with Gasteiger partial charge in [-0.1, -0.05) is 57.9 Å². The van der Waals surface area contributed by atoms with Crippen molar-refractivity contribution in [1.29, 1.82) is 0 Å². The van der Waals surface area contributed by atoms with Gasteiger partial charge in [-0.25, -0.2) is 4.79 Å². The summed E-state index contributed by atoms with van der Waals surface area (Å²) < 4.78 is 15.9. The van der Waals surface area contributed by atoms with Crippen LogP contribution in [0, 0.1) is 0 Å². The van der Waals surface area contributed by atoms with Crippen LogP contribution in [-0.4, -0.2) is 17.7 Å². The second-order valence-corrected chi connectivity index (χ2v) is 6.61. The van der Waals surface area contributed by atoms with E-state index in [1.54, 1.807) is 18.2 Å². The molecule has 0 atom stereocenters. The summed E-state index contributed by atoms with van der Waals surface area (Å²) in [6, 6.07) is 4.72. The van der Waals surface area contributed by atoms with Crippen molar-refractivity contribution in [1.82, 2.24) is 0 Å². The summed E-state index contributed by atoms with van der Waals surface area (Å²) in [6.07, 6.45) is 9.24. The van der Waals surface area contributed by atoms with Crippen LogP contribution < -0.4 is 15.1 Å². The third-order valence-electron chi connectivity index (χ3n) is 4.32. The number of hydrogen-bond donors (Lipinski definition) is 1. The largest absolute Gasteiger partial charge is 0.499 e. The van der Waals surface area contributed by atoms with Crippen LogP contribution >= 0.6 is 0 Å². The zero-order valence-electron chi connectivity index (χ0n) is 16.1. The first kappa shape index (κ1) is 20.8. The molecule has 1 aromatic heterocycles. The quantitative estimate of drug-likeness (QED) is 0.259. The minimum atomic E-state index is -0.881. The van der Waals surface area contributed by atoms with Gasteiger partial charge in [-0.3, -0.25) is 4.79 Å². The minimum absolute atomic E-state index is 0.000968. The van der Waals surface area contributed by atoms with Crippen molar-refractivity contribution < 1.29 is 23.8 Å². The lowest BCUT2D eigenvalue weighted by Crippen LogP contribution is -2.07. The topological polar surface area (TPSA) is 86.0 Å². The molecule has 148 valence electrons. The van der Waals surface area contributed by atoms with Gasteiger partial charge in [0.1, 0.15) is 16.7 Å². The van der Waals surface area contributed by atoms with Crippen LogP contribution in [0.15, 0.2) is 27.4 Å². The van der Waals surface area contributed by atoms with Gasteiger partial charge in [0, 0.05) is 6.92 Å².